The lowest BCUT2D eigenvalue weighted by molar-refractivity contribution is 0.164. The summed E-state index contributed by atoms with van der Waals surface area (Å²) in [5.41, 5.74) is 19.5. The number of rotatable bonds is 6. The Morgan fingerprint density at radius 3 is 1.59 bits per heavy atom. The fourth-order valence-electron chi connectivity index (χ4n) is 11.4. The van der Waals surface area contributed by atoms with Gasteiger partial charge in [-0.1, -0.05) is 200 Å². The molecule has 0 amide bonds. The molecule has 14 rings (SSSR count). The van der Waals surface area contributed by atoms with Crippen molar-refractivity contribution in [2.45, 2.75) is 5.41 Å². The van der Waals surface area contributed by atoms with E-state index >= 15 is 0 Å². The second-order valence-corrected chi connectivity index (χ2v) is 18.0. The highest BCUT2D eigenvalue weighted by molar-refractivity contribution is 5.99. The van der Waals surface area contributed by atoms with Crippen LogP contribution in [0.2, 0.25) is 0 Å². The van der Waals surface area contributed by atoms with Crippen LogP contribution in [-0.2, 0) is 5.41 Å². The van der Waals surface area contributed by atoms with E-state index in [1.807, 2.05) is 0 Å². The summed E-state index contributed by atoms with van der Waals surface area (Å²) < 4.78 is 12.8. The first-order valence-electron chi connectivity index (χ1n) is 23.4. The maximum absolute atomic E-state index is 7.19. The number of fused-ring (bicyclic) bond motifs is 14. The Morgan fingerprint density at radius 2 is 0.882 bits per heavy atom. The zero-order chi connectivity index (χ0) is 44.8. The highest BCUT2D eigenvalue weighted by Crippen LogP contribution is 2.67. The van der Waals surface area contributed by atoms with Crippen LogP contribution in [-0.4, -0.2) is 4.74 Å². The Bertz CT molecular complexity index is 3750. The summed E-state index contributed by atoms with van der Waals surface area (Å²) >= 11 is 0. The third kappa shape index (κ3) is 5.66. The smallest absolute Gasteiger partial charge is 0.312 e. The van der Waals surface area contributed by atoms with Crippen molar-refractivity contribution in [2.24, 2.45) is 0 Å². The normalized spacial score (nSPS) is 13.1. The minimum absolute atomic E-state index is 0.456. The SMILES string of the molecule is c1ccc(-c2ccc(-c3ccc(N(c4ccc5ccccc5c4)c4ccccc4-c4cccc5c4Oc4ccc6c(c4[OH+]5)-c4ccccc4C64c5ccccc5-c5ccccc54)cc3)cc2)cc1. The van der Waals surface area contributed by atoms with E-state index < -0.39 is 5.41 Å². The molecule has 1 N–H and O–H groups in total. The average Bonchev–Trinajstić information content (AvgIpc) is 3.89. The largest absolute Gasteiger partial charge is 0.540 e. The summed E-state index contributed by atoms with van der Waals surface area (Å²) in [6.45, 7) is 0. The van der Waals surface area contributed by atoms with Crippen molar-refractivity contribution < 1.29 is 9.47 Å². The fraction of sp³-hybridized carbons (Fsp3) is 0.0154. The number of hydrogen-bond acceptors (Lipinski definition) is 2. The number of aromatic hydroxyl groups is 2. The van der Waals surface area contributed by atoms with E-state index in [1.54, 1.807) is 0 Å². The molecule has 0 aromatic heterocycles. The maximum atomic E-state index is 7.19. The summed E-state index contributed by atoms with van der Waals surface area (Å²) in [5.74, 6) is 3.19. The van der Waals surface area contributed by atoms with Crippen LogP contribution in [0.25, 0.3) is 66.4 Å². The Balaban J connectivity index is 0.882. The lowest BCUT2D eigenvalue weighted by Gasteiger charge is -2.31. The quantitative estimate of drug-likeness (QED) is 0.156. The predicted octanol–water partition coefficient (Wildman–Crippen LogP) is 17.4. The van der Waals surface area contributed by atoms with E-state index in [4.69, 9.17) is 9.47 Å². The molecule has 11 aromatic rings. The van der Waals surface area contributed by atoms with Gasteiger partial charge in [0.05, 0.1) is 16.7 Å². The molecule has 68 heavy (non-hydrogen) atoms. The van der Waals surface area contributed by atoms with E-state index in [-0.39, 0.29) is 0 Å². The van der Waals surface area contributed by atoms with Crippen LogP contribution in [0, 0.1) is 0 Å². The third-order valence-corrected chi connectivity index (χ3v) is 14.4. The molecule has 0 radical (unpaired) electrons. The first-order valence-corrected chi connectivity index (χ1v) is 23.4. The van der Waals surface area contributed by atoms with Gasteiger partial charge >= 0.3 is 11.5 Å². The molecule has 0 atom stereocenters. The van der Waals surface area contributed by atoms with Crippen LogP contribution >= 0.6 is 0 Å². The second kappa shape index (κ2) is 15.1. The molecular formula is C65H42NO2+. The van der Waals surface area contributed by atoms with Crippen LogP contribution in [0.15, 0.2) is 249 Å². The van der Waals surface area contributed by atoms with Gasteiger partial charge in [-0.05, 0) is 114 Å². The zero-order valence-corrected chi connectivity index (χ0v) is 37.0. The minimum atomic E-state index is -0.456. The Labute approximate surface area is 395 Å². The van der Waals surface area contributed by atoms with Crippen LogP contribution in [0.3, 0.4) is 0 Å². The molecular weight excluding hydrogens is 827 g/mol. The first kappa shape index (κ1) is 38.4. The molecule has 1 spiro atoms. The minimum Gasteiger partial charge on any atom is -0.540 e. The molecule has 1 heterocycles. The van der Waals surface area contributed by atoms with Crippen molar-refractivity contribution in [1.29, 1.82) is 0 Å². The lowest BCUT2D eigenvalue weighted by Crippen LogP contribution is -2.25. The molecule has 11 aromatic carbocycles. The van der Waals surface area contributed by atoms with E-state index in [0.29, 0.717) is 0 Å². The van der Waals surface area contributed by atoms with Crippen LogP contribution in [0.4, 0.5) is 17.1 Å². The number of anilines is 3. The van der Waals surface area contributed by atoms with Gasteiger partial charge in [0.1, 0.15) is 0 Å². The molecule has 2 aliphatic carbocycles. The Hall–Kier alpha value is -8.92. The Kier molecular flexibility index (Phi) is 8.50. The third-order valence-electron chi connectivity index (χ3n) is 14.4. The highest BCUT2D eigenvalue weighted by Gasteiger charge is 2.54. The van der Waals surface area contributed by atoms with Gasteiger partial charge in [0, 0.05) is 28.6 Å². The fourth-order valence-corrected chi connectivity index (χ4v) is 11.4. The van der Waals surface area contributed by atoms with Crippen molar-refractivity contribution in [3.05, 3.63) is 271 Å². The molecule has 3 aliphatic rings. The summed E-state index contributed by atoms with van der Waals surface area (Å²) in [6.07, 6.45) is 0. The van der Waals surface area contributed by atoms with Crippen molar-refractivity contribution in [3.63, 3.8) is 0 Å². The van der Waals surface area contributed by atoms with Crippen LogP contribution in [0.5, 0.6) is 23.0 Å². The molecule has 0 bridgehead atoms. The number of hydrogen-bond donors (Lipinski definition) is 0. The van der Waals surface area contributed by atoms with Crippen molar-refractivity contribution in [2.75, 3.05) is 4.90 Å². The topological polar surface area (TPSA) is 25.3 Å². The van der Waals surface area contributed by atoms with Gasteiger partial charge in [0.15, 0.2) is 0 Å². The summed E-state index contributed by atoms with van der Waals surface area (Å²) in [4.78, 5) is 2.37. The first-order chi connectivity index (χ1) is 33.7. The van der Waals surface area contributed by atoms with Gasteiger partial charge in [-0.15, -0.1) is 0 Å². The van der Waals surface area contributed by atoms with Crippen LogP contribution < -0.4 is 9.64 Å². The van der Waals surface area contributed by atoms with Gasteiger partial charge in [0.25, 0.3) is 0 Å². The molecule has 0 fully saturated rings. The number of benzene rings is 11. The molecule has 318 valence electrons. The summed E-state index contributed by atoms with van der Waals surface area (Å²) in [7, 11) is 0. The summed E-state index contributed by atoms with van der Waals surface area (Å²) in [5, 5.41) is 2.38. The molecule has 0 unspecified atom stereocenters. The van der Waals surface area contributed by atoms with Gasteiger partial charge in [-0.2, -0.15) is 0 Å². The Morgan fingerprint density at radius 1 is 0.353 bits per heavy atom. The molecule has 0 saturated heterocycles. The molecule has 1 aliphatic heterocycles. The van der Waals surface area contributed by atoms with Crippen molar-refractivity contribution in [1.82, 2.24) is 0 Å². The van der Waals surface area contributed by atoms with Crippen molar-refractivity contribution >= 4 is 27.8 Å². The lowest BCUT2D eigenvalue weighted by atomic mass is 9.70. The standard InChI is InChI=1S/C65H41NO2/c1-2-15-42(16-3-1)44-29-31-45(32-30-44)46-33-36-48(37-34-46)66(49-38-35-43-17-4-5-18-47(43)41-49)59-27-13-9-21-52(59)53-23-14-28-60-63(53)67-61-40-39-58-62(64(61)68-60)54-22-8-12-26-57(54)65(58)55-24-10-6-19-50(55)51-20-7-11-25-56(51)65/h1-41H/p+1. The van der Waals surface area contributed by atoms with Gasteiger partial charge < -0.3 is 14.4 Å². The monoisotopic (exact) mass is 868 g/mol. The van der Waals surface area contributed by atoms with Gasteiger partial charge in [-0.3, -0.25) is 0 Å². The van der Waals surface area contributed by atoms with E-state index in [0.717, 1.165) is 62.3 Å². The van der Waals surface area contributed by atoms with Crippen molar-refractivity contribution in [3.8, 4) is 78.6 Å². The highest BCUT2D eigenvalue weighted by atomic mass is 16.6. The molecule has 3 heteroatoms. The number of nitrogens with zero attached hydrogens (tertiary/aromatic N) is 1. The number of ether oxygens (including phenoxy) is 2. The average molecular weight is 869 g/mol. The number of para-hydroxylation sites is 2. The molecule has 0 saturated carbocycles. The maximum Gasteiger partial charge on any atom is 0.312 e. The molecule has 3 nitrogen and oxygen atoms in total. The van der Waals surface area contributed by atoms with E-state index in [1.165, 1.54) is 66.4 Å². The zero-order valence-electron chi connectivity index (χ0n) is 37.0. The van der Waals surface area contributed by atoms with E-state index in [9.17, 15) is 0 Å². The van der Waals surface area contributed by atoms with Gasteiger partial charge in [-0.25, -0.2) is 0 Å². The van der Waals surface area contributed by atoms with E-state index in [2.05, 4.69) is 254 Å². The predicted molar refractivity (Wildman–Crippen MR) is 279 cm³/mol. The second-order valence-electron chi connectivity index (χ2n) is 18.0. The summed E-state index contributed by atoms with van der Waals surface area (Å²) in [6, 6.07) is 89.8. The van der Waals surface area contributed by atoms with Gasteiger partial charge in [0.2, 0.25) is 11.5 Å². The van der Waals surface area contributed by atoms with Crippen LogP contribution in [0.1, 0.15) is 22.3 Å².